The zero-order chi connectivity index (χ0) is 16.0. The lowest BCUT2D eigenvalue weighted by atomic mass is 9.99. The summed E-state index contributed by atoms with van der Waals surface area (Å²) in [4.78, 5) is 0. The maximum atomic E-state index is 11.2. The highest BCUT2D eigenvalue weighted by atomic mass is 35.7. The van der Waals surface area contributed by atoms with Crippen LogP contribution in [-0.4, -0.2) is 27.9 Å². The van der Waals surface area contributed by atoms with Crippen LogP contribution < -0.4 is 9.47 Å². The highest BCUT2D eigenvalue weighted by Gasteiger charge is 2.21. The van der Waals surface area contributed by atoms with E-state index in [1.54, 1.807) is 18.2 Å². The second-order valence-electron chi connectivity index (χ2n) is 5.03. The van der Waals surface area contributed by atoms with E-state index >= 15 is 0 Å². The second kappa shape index (κ2) is 7.53. The minimum atomic E-state index is -3.58. The summed E-state index contributed by atoms with van der Waals surface area (Å²) in [5.41, 5.74) is 0.412. The average molecular weight is 332 g/mol. The molecule has 7 heteroatoms. The number of halogens is 1. The summed E-state index contributed by atoms with van der Waals surface area (Å²) >= 11 is 0. The highest BCUT2D eigenvalue weighted by molar-refractivity contribution is 8.13. The molecule has 0 aliphatic carbocycles. The first-order valence-electron chi connectivity index (χ1n) is 6.39. The van der Waals surface area contributed by atoms with Gasteiger partial charge in [-0.3, -0.25) is 0 Å². The van der Waals surface area contributed by atoms with E-state index in [2.05, 4.69) is 0 Å². The Balaban J connectivity index is 2.83. The third kappa shape index (κ3) is 6.23. The SMILES string of the molecule is COc1cc(C#N)cc(OCC(CS(=O)(=O)Cl)C(C)C)c1. The van der Waals surface area contributed by atoms with E-state index < -0.39 is 9.05 Å². The minimum absolute atomic E-state index is 0.0968. The molecule has 0 fully saturated rings. The van der Waals surface area contributed by atoms with Gasteiger partial charge in [-0.25, -0.2) is 8.42 Å². The Morgan fingerprint density at radius 2 is 1.90 bits per heavy atom. The monoisotopic (exact) mass is 331 g/mol. The Hall–Kier alpha value is -1.45. The Morgan fingerprint density at radius 1 is 1.29 bits per heavy atom. The average Bonchev–Trinajstić information content (AvgIpc) is 2.41. The first-order valence-corrected chi connectivity index (χ1v) is 8.87. The molecule has 0 aliphatic heterocycles. The van der Waals surface area contributed by atoms with Crippen molar-refractivity contribution in [3.63, 3.8) is 0 Å². The molecule has 0 bridgehead atoms. The van der Waals surface area contributed by atoms with Gasteiger partial charge in [-0.05, 0) is 18.1 Å². The van der Waals surface area contributed by atoms with Gasteiger partial charge in [0.25, 0.3) is 0 Å². The smallest absolute Gasteiger partial charge is 0.233 e. The third-order valence-corrected chi connectivity index (χ3v) is 4.27. The van der Waals surface area contributed by atoms with Gasteiger partial charge in [0, 0.05) is 22.7 Å². The van der Waals surface area contributed by atoms with Crippen molar-refractivity contribution in [3.8, 4) is 17.6 Å². The van der Waals surface area contributed by atoms with Gasteiger partial charge in [0.1, 0.15) is 11.5 Å². The van der Waals surface area contributed by atoms with Crippen molar-refractivity contribution in [2.75, 3.05) is 19.5 Å². The van der Waals surface area contributed by atoms with Gasteiger partial charge >= 0.3 is 0 Å². The molecule has 116 valence electrons. The van der Waals surface area contributed by atoms with Crippen LogP contribution >= 0.6 is 10.7 Å². The fraction of sp³-hybridized carbons (Fsp3) is 0.500. The van der Waals surface area contributed by atoms with Crippen LogP contribution in [0.3, 0.4) is 0 Å². The molecule has 0 N–H and O–H groups in total. The van der Waals surface area contributed by atoms with Crippen molar-refractivity contribution >= 4 is 19.7 Å². The van der Waals surface area contributed by atoms with E-state index in [0.29, 0.717) is 17.1 Å². The summed E-state index contributed by atoms with van der Waals surface area (Å²) in [6.45, 7) is 4.01. The molecule has 1 unspecified atom stereocenters. The Kier molecular flexibility index (Phi) is 6.31. The molecule has 0 radical (unpaired) electrons. The molecule has 0 saturated carbocycles. The van der Waals surface area contributed by atoms with Gasteiger partial charge in [0.15, 0.2) is 0 Å². The van der Waals surface area contributed by atoms with E-state index in [4.69, 9.17) is 25.4 Å². The molecule has 0 saturated heterocycles. The maximum absolute atomic E-state index is 11.2. The molecule has 0 heterocycles. The Morgan fingerprint density at radius 3 is 2.38 bits per heavy atom. The number of nitriles is 1. The second-order valence-corrected chi connectivity index (χ2v) is 7.85. The molecule has 21 heavy (non-hydrogen) atoms. The summed E-state index contributed by atoms with van der Waals surface area (Å²) in [6.07, 6.45) is 0. The lowest BCUT2D eigenvalue weighted by molar-refractivity contribution is 0.224. The topological polar surface area (TPSA) is 76.4 Å². The number of hydrogen-bond acceptors (Lipinski definition) is 5. The molecular weight excluding hydrogens is 314 g/mol. The molecule has 0 amide bonds. The van der Waals surface area contributed by atoms with Crippen LogP contribution in [0.4, 0.5) is 0 Å². The fourth-order valence-corrected chi connectivity index (χ4v) is 3.21. The Labute approximate surface area is 129 Å². The predicted molar refractivity (Wildman–Crippen MR) is 81.2 cm³/mol. The summed E-state index contributed by atoms with van der Waals surface area (Å²) < 4.78 is 33.1. The molecule has 0 spiro atoms. The Bertz CT molecular complexity index is 622. The molecular formula is C14H18ClNO4S. The van der Waals surface area contributed by atoms with E-state index in [0.717, 1.165) is 0 Å². The van der Waals surface area contributed by atoms with Crippen molar-refractivity contribution in [2.24, 2.45) is 11.8 Å². The lowest BCUT2D eigenvalue weighted by Gasteiger charge is -2.20. The zero-order valence-electron chi connectivity index (χ0n) is 12.2. The summed E-state index contributed by atoms with van der Waals surface area (Å²) in [5.74, 6) is 0.684. The number of benzene rings is 1. The molecule has 0 aromatic heterocycles. The van der Waals surface area contributed by atoms with E-state index in [9.17, 15) is 8.42 Å². The number of methoxy groups -OCH3 is 1. The molecule has 1 aromatic carbocycles. The van der Waals surface area contributed by atoms with Gasteiger partial charge in [0.05, 0.1) is 31.1 Å². The van der Waals surface area contributed by atoms with Crippen molar-refractivity contribution in [1.29, 1.82) is 5.26 Å². The summed E-state index contributed by atoms with van der Waals surface area (Å²) in [6, 6.07) is 6.83. The summed E-state index contributed by atoms with van der Waals surface area (Å²) in [5, 5.41) is 8.94. The van der Waals surface area contributed by atoms with Gasteiger partial charge in [0.2, 0.25) is 9.05 Å². The van der Waals surface area contributed by atoms with Crippen molar-refractivity contribution in [3.05, 3.63) is 23.8 Å². The van der Waals surface area contributed by atoms with Crippen LogP contribution in [0.25, 0.3) is 0 Å². The van der Waals surface area contributed by atoms with Crippen LogP contribution in [-0.2, 0) is 9.05 Å². The molecule has 0 aliphatic rings. The number of hydrogen-bond donors (Lipinski definition) is 0. The summed E-state index contributed by atoms with van der Waals surface area (Å²) in [7, 11) is 3.22. The quantitative estimate of drug-likeness (QED) is 0.718. The third-order valence-electron chi connectivity index (χ3n) is 3.06. The predicted octanol–water partition coefficient (Wildman–Crippen LogP) is 2.79. The largest absolute Gasteiger partial charge is 0.497 e. The van der Waals surface area contributed by atoms with E-state index in [-0.39, 0.29) is 24.2 Å². The van der Waals surface area contributed by atoms with Crippen LogP contribution in [0.2, 0.25) is 0 Å². The van der Waals surface area contributed by atoms with Gasteiger partial charge in [-0.1, -0.05) is 13.8 Å². The van der Waals surface area contributed by atoms with Gasteiger partial charge < -0.3 is 9.47 Å². The van der Waals surface area contributed by atoms with Crippen LogP contribution in [0.5, 0.6) is 11.5 Å². The molecule has 1 rings (SSSR count). The highest BCUT2D eigenvalue weighted by Crippen LogP contribution is 2.24. The standard InChI is InChI=1S/C14H18ClNO4S/c1-10(2)12(9-21(15,17)18)8-20-14-5-11(7-16)4-13(6-14)19-3/h4-6,10,12H,8-9H2,1-3H3. The number of rotatable bonds is 7. The van der Waals surface area contributed by atoms with Crippen LogP contribution in [0.1, 0.15) is 19.4 Å². The fourth-order valence-electron chi connectivity index (χ4n) is 1.73. The number of ether oxygens (including phenoxy) is 2. The number of nitrogens with zero attached hydrogens (tertiary/aromatic N) is 1. The lowest BCUT2D eigenvalue weighted by Crippen LogP contribution is -2.24. The van der Waals surface area contributed by atoms with Crippen molar-refractivity contribution in [2.45, 2.75) is 13.8 Å². The van der Waals surface area contributed by atoms with Gasteiger partial charge in [-0.15, -0.1) is 0 Å². The van der Waals surface area contributed by atoms with E-state index in [1.807, 2.05) is 19.9 Å². The van der Waals surface area contributed by atoms with Crippen molar-refractivity contribution < 1.29 is 17.9 Å². The molecule has 1 atom stereocenters. The minimum Gasteiger partial charge on any atom is -0.497 e. The van der Waals surface area contributed by atoms with E-state index in [1.165, 1.54) is 7.11 Å². The van der Waals surface area contributed by atoms with Gasteiger partial charge in [-0.2, -0.15) is 5.26 Å². The zero-order valence-corrected chi connectivity index (χ0v) is 13.7. The normalized spacial score (nSPS) is 12.8. The molecule has 5 nitrogen and oxygen atoms in total. The maximum Gasteiger partial charge on any atom is 0.233 e. The van der Waals surface area contributed by atoms with Crippen LogP contribution in [0, 0.1) is 23.2 Å². The molecule has 1 aromatic rings. The van der Waals surface area contributed by atoms with Crippen LogP contribution in [0.15, 0.2) is 18.2 Å². The first-order chi connectivity index (χ1) is 9.75. The first kappa shape index (κ1) is 17.6. The van der Waals surface area contributed by atoms with Crippen molar-refractivity contribution in [1.82, 2.24) is 0 Å².